The van der Waals surface area contributed by atoms with Gasteiger partial charge in [-0.15, -0.1) is 5.10 Å². The summed E-state index contributed by atoms with van der Waals surface area (Å²) >= 11 is 0. The summed E-state index contributed by atoms with van der Waals surface area (Å²) in [5.74, 6) is 0. The van der Waals surface area contributed by atoms with Crippen molar-refractivity contribution in [2.45, 2.75) is 20.0 Å². The first-order valence-electron chi connectivity index (χ1n) is 4.37. The first-order valence-corrected chi connectivity index (χ1v) is 4.37. The SMILES string of the molecule is CC(C)On1ncc2ccccc21. The zero-order chi connectivity index (χ0) is 9.26. The van der Waals surface area contributed by atoms with Crippen molar-refractivity contribution in [2.24, 2.45) is 0 Å². The Morgan fingerprint density at radius 1 is 1.31 bits per heavy atom. The monoisotopic (exact) mass is 176 g/mol. The van der Waals surface area contributed by atoms with Crippen LogP contribution in [0.2, 0.25) is 0 Å². The molecule has 0 spiro atoms. The smallest absolute Gasteiger partial charge is 0.121 e. The highest BCUT2D eigenvalue weighted by Gasteiger charge is 2.02. The van der Waals surface area contributed by atoms with Gasteiger partial charge >= 0.3 is 0 Å². The van der Waals surface area contributed by atoms with Crippen LogP contribution in [0.4, 0.5) is 0 Å². The molecule has 0 bridgehead atoms. The van der Waals surface area contributed by atoms with Crippen molar-refractivity contribution in [3.05, 3.63) is 30.5 Å². The Labute approximate surface area is 76.9 Å². The highest BCUT2D eigenvalue weighted by Crippen LogP contribution is 2.11. The number of fused-ring (bicyclic) bond motifs is 1. The minimum absolute atomic E-state index is 0.142. The van der Waals surface area contributed by atoms with Gasteiger partial charge in [0.05, 0.1) is 6.20 Å². The fourth-order valence-corrected chi connectivity index (χ4v) is 1.23. The van der Waals surface area contributed by atoms with E-state index in [2.05, 4.69) is 5.10 Å². The summed E-state index contributed by atoms with van der Waals surface area (Å²) in [5, 5.41) is 5.23. The minimum Gasteiger partial charge on any atom is -0.394 e. The number of benzene rings is 1. The van der Waals surface area contributed by atoms with E-state index < -0.39 is 0 Å². The molecule has 68 valence electrons. The molecule has 0 N–H and O–H groups in total. The van der Waals surface area contributed by atoms with E-state index >= 15 is 0 Å². The van der Waals surface area contributed by atoms with Crippen molar-refractivity contribution in [3.8, 4) is 0 Å². The van der Waals surface area contributed by atoms with E-state index in [0.29, 0.717) is 0 Å². The lowest BCUT2D eigenvalue weighted by atomic mass is 10.3. The molecule has 3 heteroatoms. The van der Waals surface area contributed by atoms with Gasteiger partial charge in [-0.3, -0.25) is 0 Å². The van der Waals surface area contributed by atoms with Crippen LogP contribution in [0.25, 0.3) is 10.9 Å². The lowest BCUT2D eigenvalue weighted by Crippen LogP contribution is -2.19. The van der Waals surface area contributed by atoms with E-state index in [1.165, 1.54) is 0 Å². The number of para-hydroxylation sites is 1. The third kappa shape index (κ3) is 1.49. The highest BCUT2D eigenvalue weighted by molar-refractivity contribution is 5.77. The zero-order valence-electron chi connectivity index (χ0n) is 7.77. The molecule has 2 rings (SSSR count). The summed E-state index contributed by atoms with van der Waals surface area (Å²) in [4.78, 5) is 7.04. The quantitative estimate of drug-likeness (QED) is 0.698. The Hall–Kier alpha value is -1.51. The first-order chi connectivity index (χ1) is 6.27. The fraction of sp³-hybridized carbons (Fsp3) is 0.300. The number of rotatable bonds is 2. The average Bonchev–Trinajstić information content (AvgIpc) is 2.48. The Kier molecular flexibility index (Phi) is 1.93. The van der Waals surface area contributed by atoms with Gasteiger partial charge in [0.1, 0.15) is 11.6 Å². The molecule has 0 aliphatic carbocycles. The lowest BCUT2D eigenvalue weighted by Gasteiger charge is -2.08. The Balaban J connectivity index is 2.46. The molecule has 0 amide bonds. The van der Waals surface area contributed by atoms with Crippen LogP contribution in [0.3, 0.4) is 0 Å². The molecule has 0 fully saturated rings. The maximum atomic E-state index is 5.47. The molecule has 1 aromatic carbocycles. The van der Waals surface area contributed by atoms with Gasteiger partial charge in [0.15, 0.2) is 0 Å². The second-order valence-corrected chi connectivity index (χ2v) is 3.23. The molecule has 0 aliphatic heterocycles. The second kappa shape index (κ2) is 3.09. The van der Waals surface area contributed by atoms with E-state index in [4.69, 9.17) is 4.84 Å². The van der Waals surface area contributed by atoms with Crippen molar-refractivity contribution in [1.82, 2.24) is 9.94 Å². The van der Waals surface area contributed by atoms with E-state index in [9.17, 15) is 0 Å². The van der Waals surface area contributed by atoms with Crippen LogP contribution in [0.1, 0.15) is 13.8 Å². The normalized spacial score (nSPS) is 11.0. The third-order valence-electron chi connectivity index (χ3n) is 1.76. The Bertz CT molecular complexity index is 406. The second-order valence-electron chi connectivity index (χ2n) is 3.23. The standard InChI is InChI=1S/C10H12N2O/c1-8(2)13-12-10-6-4-3-5-9(10)7-11-12/h3-8H,1-2H3. The highest BCUT2D eigenvalue weighted by atomic mass is 16.7. The van der Waals surface area contributed by atoms with E-state index in [-0.39, 0.29) is 6.10 Å². The van der Waals surface area contributed by atoms with Crippen LogP contribution < -0.4 is 4.84 Å². The minimum atomic E-state index is 0.142. The maximum absolute atomic E-state index is 5.47. The van der Waals surface area contributed by atoms with Crippen molar-refractivity contribution in [2.75, 3.05) is 0 Å². The van der Waals surface area contributed by atoms with Gasteiger partial charge in [-0.2, -0.15) is 0 Å². The molecule has 0 atom stereocenters. The summed E-state index contributed by atoms with van der Waals surface area (Å²) < 4.78 is 0. The molecule has 1 aromatic heterocycles. The van der Waals surface area contributed by atoms with Crippen LogP contribution in [-0.4, -0.2) is 16.0 Å². The molecular formula is C10H12N2O. The summed E-state index contributed by atoms with van der Waals surface area (Å²) in [7, 11) is 0. The van der Waals surface area contributed by atoms with E-state index in [1.54, 1.807) is 11.0 Å². The predicted octanol–water partition coefficient (Wildman–Crippen LogP) is 1.87. The van der Waals surface area contributed by atoms with Crippen molar-refractivity contribution in [3.63, 3.8) is 0 Å². The third-order valence-corrected chi connectivity index (χ3v) is 1.76. The lowest BCUT2D eigenvalue weighted by molar-refractivity contribution is 0.0445. The molecule has 13 heavy (non-hydrogen) atoms. The van der Waals surface area contributed by atoms with Gasteiger partial charge in [-0.1, -0.05) is 23.0 Å². The summed E-state index contributed by atoms with van der Waals surface area (Å²) in [6, 6.07) is 7.97. The molecule has 0 saturated carbocycles. The van der Waals surface area contributed by atoms with Gasteiger partial charge < -0.3 is 4.84 Å². The van der Waals surface area contributed by atoms with Gasteiger partial charge in [-0.05, 0) is 19.9 Å². The van der Waals surface area contributed by atoms with E-state index in [1.807, 2.05) is 38.1 Å². The Morgan fingerprint density at radius 3 is 2.85 bits per heavy atom. The van der Waals surface area contributed by atoms with Gasteiger partial charge in [-0.25, -0.2) is 0 Å². The van der Waals surface area contributed by atoms with Gasteiger partial charge in [0, 0.05) is 5.39 Å². The Morgan fingerprint density at radius 2 is 2.08 bits per heavy atom. The molecule has 0 aliphatic rings. The topological polar surface area (TPSA) is 27.1 Å². The van der Waals surface area contributed by atoms with Crippen molar-refractivity contribution >= 4 is 10.9 Å². The van der Waals surface area contributed by atoms with E-state index in [0.717, 1.165) is 10.9 Å². The summed E-state index contributed by atoms with van der Waals surface area (Å²) in [6.45, 7) is 3.97. The van der Waals surface area contributed by atoms with Crippen molar-refractivity contribution < 1.29 is 4.84 Å². The summed E-state index contributed by atoms with van der Waals surface area (Å²) in [6.07, 6.45) is 1.95. The van der Waals surface area contributed by atoms with Crippen LogP contribution in [0.5, 0.6) is 0 Å². The maximum Gasteiger partial charge on any atom is 0.121 e. The summed E-state index contributed by atoms with van der Waals surface area (Å²) in [5.41, 5.74) is 1.01. The molecule has 0 unspecified atom stereocenters. The van der Waals surface area contributed by atoms with Gasteiger partial charge in [0.25, 0.3) is 0 Å². The predicted molar refractivity (Wildman–Crippen MR) is 51.4 cm³/mol. The number of nitrogens with zero attached hydrogens (tertiary/aromatic N) is 2. The van der Waals surface area contributed by atoms with Crippen LogP contribution in [-0.2, 0) is 0 Å². The average molecular weight is 176 g/mol. The number of hydrogen-bond acceptors (Lipinski definition) is 2. The van der Waals surface area contributed by atoms with Crippen LogP contribution in [0.15, 0.2) is 30.5 Å². The molecule has 0 saturated heterocycles. The number of aromatic nitrogens is 2. The van der Waals surface area contributed by atoms with Crippen LogP contribution >= 0.6 is 0 Å². The molecule has 3 nitrogen and oxygen atoms in total. The van der Waals surface area contributed by atoms with Gasteiger partial charge in [0.2, 0.25) is 0 Å². The molecule has 2 aromatic rings. The van der Waals surface area contributed by atoms with Crippen molar-refractivity contribution in [1.29, 1.82) is 0 Å². The molecular weight excluding hydrogens is 164 g/mol. The largest absolute Gasteiger partial charge is 0.394 e. The zero-order valence-corrected chi connectivity index (χ0v) is 7.77. The van der Waals surface area contributed by atoms with Crippen LogP contribution in [0, 0.1) is 0 Å². The molecule has 1 heterocycles. The number of hydrogen-bond donors (Lipinski definition) is 0. The first kappa shape index (κ1) is 8.10. The fourth-order valence-electron chi connectivity index (χ4n) is 1.23. The molecule has 0 radical (unpaired) electrons.